The topological polar surface area (TPSA) is 63.1 Å². The van der Waals surface area contributed by atoms with E-state index < -0.39 is 23.2 Å². The SMILES string of the molecule is O=C(O)c1c(F)cc(-c2ncccn2)cc1F. The number of halogens is 2. The molecule has 6 heteroatoms. The molecule has 2 rings (SSSR count). The maximum Gasteiger partial charge on any atom is 0.341 e. The number of hydrogen-bond donors (Lipinski definition) is 1. The monoisotopic (exact) mass is 236 g/mol. The Morgan fingerprint density at radius 2 is 1.65 bits per heavy atom. The van der Waals surface area contributed by atoms with Crippen molar-refractivity contribution in [1.29, 1.82) is 0 Å². The molecule has 0 fully saturated rings. The zero-order valence-corrected chi connectivity index (χ0v) is 8.39. The van der Waals surface area contributed by atoms with Crippen molar-refractivity contribution >= 4 is 5.97 Å². The summed E-state index contributed by atoms with van der Waals surface area (Å²) in [6.07, 6.45) is 2.84. The zero-order chi connectivity index (χ0) is 12.4. The van der Waals surface area contributed by atoms with Crippen LogP contribution in [0.3, 0.4) is 0 Å². The molecule has 0 saturated carbocycles. The van der Waals surface area contributed by atoms with Gasteiger partial charge in [0.15, 0.2) is 5.82 Å². The lowest BCUT2D eigenvalue weighted by molar-refractivity contribution is 0.0686. The van der Waals surface area contributed by atoms with E-state index in [1.807, 2.05) is 0 Å². The largest absolute Gasteiger partial charge is 0.477 e. The van der Waals surface area contributed by atoms with Gasteiger partial charge in [0.05, 0.1) is 0 Å². The van der Waals surface area contributed by atoms with Crippen molar-refractivity contribution in [3.63, 3.8) is 0 Å². The van der Waals surface area contributed by atoms with Gasteiger partial charge in [0.25, 0.3) is 0 Å². The number of carboxylic acid groups (broad SMARTS) is 1. The minimum atomic E-state index is -1.65. The van der Waals surface area contributed by atoms with Gasteiger partial charge in [-0.25, -0.2) is 23.5 Å². The Hall–Kier alpha value is -2.37. The van der Waals surface area contributed by atoms with E-state index in [1.165, 1.54) is 12.4 Å². The summed E-state index contributed by atoms with van der Waals surface area (Å²) in [6, 6.07) is 3.34. The molecule has 0 saturated heterocycles. The van der Waals surface area contributed by atoms with E-state index in [-0.39, 0.29) is 11.4 Å². The number of aromatic carboxylic acids is 1. The fourth-order valence-corrected chi connectivity index (χ4v) is 1.35. The summed E-state index contributed by atoms with van der Waals surface area (Å²) in [7, 11) is 0. The van der Waals surface area contributed by atoms with Crippen LogP contribution in [0.5, 0.6) is 0 Å². The van der Waals surface area contributed by atoms with Gasteiger partial charge in [-0.3, -0.25) is 0 Å². The molecule has 1 aromatic heterocycles. The molecule has 2 aromatic rings. The van der Waals surface area contributed by atoms with E-state index in [9.17, 15) is 13.6 Å². The molecular weight excluding hydrogens is 230 g/mol. The van der Waals surface area contributed by atoms with Crippen LogP contribution in [0.4, 0.5) is 8.78 Å². The van der Waals surface area contributed by atoms with Gasteiger partial charge in [0.2, 0.25) is 0 Å². The Bertz CT molecular complexity index is 550. The van der Waals surface area contributed by atoms with Crippen LogP contribution in [0, 0.1) is 11.6 Å². The average Bonchev–Trinajstić information content (AvgIpc) is 2.28. The van der Waals surface area contributed by atoms with Gasteiger partial charge in [0, 0.05) is 18.0 Å². The average molecular weight is 236 g/mol. The third-order valence-electron chi connectivity index (χ3n) is 2.08. The van der Waals surface area contributed by atoms with Crippen molar-refractivity contribution in [3.05, 3.63) is 47.8 Å². The van der Waals surface area contributed by atoms with Gasteiger partial charge in [-0.15, -0.1) is 0 Å². The first-order chi connectivity index (χ1) is 8.09. The first kappa shape index (κ1) is 11.1. The maximum atomic E-state index is 13.4. The summed E-state index contributed by atoms with van der Waals surface area (Å²) in [5.41, 5.74) is -0.893. The van der Waals surface area contributed by atoms with Crippen molar-refractivity contribution in [2.24, 2.45) is 0 Å². The van der Waals surface area contributed by atoms with Crippen LogP contribution < -0.4 is 0 Å². The van der Waals surface area contributed by atoms with Crippen molar-refractivity contribution in [2.75, 3.05) is 0 Å². The third kappa shape index (κ3) is 2.10. The number of aromatic nitrogens is 2. The summed E-state index contributed by atoms with van der Waals surface area (Å²) >= 11 is 0. The Morgan fingerprint density at radius 3 is 2.12 bits per heavy atom. The molecular formula is C11H6F2N2O2. The molecule has 0 bridgehead atoms. The molecule has 0 spiro atoms. The maximum absolute atomic E-state index is 13.4. The summed E-state index contributed by atoms with van der Waals surface area (Å²) in [4.78, 5) is 18.2. The number of carboxylic acids is 1. The first-order valence-electron chi connectivity index (χ1n) is 4.59. The standard InChI is InChI=1S/C11H6F2N2O2/c12-7-4-6(10-14-2-1-3-15-10)5-8(13)9(7)11(16)17/h1-5H,(H,16,17). The number of benzene rings is 1. The normalized spacial score (nSPS) is 10.2. The minimum Gasteiger partial charge on any atom is -0.477 e. The second-order valence-electron chi connectivity index (χ2n) is 3.19. The molecule has 1 aromatic carbocycles. The van der Waals surface area contributed by atoms with Crippen LogP contribution in [0.25, 0.3) is 11.4 Å². The van der Waals surface area contributed by atoms with Crippen molar-refractivity contribution < 1.29 is 18.7 Å². The molecule has 0 aliphatic carbocycles. The number of rotatable bonds is 2. The van der Waals surface area contributed by atoms with Crippen molar-refractivity contribution in [2.45, 2.75) is 0 Å². The second kappa shape index (κ2) is 4.25. The van der Waals surface area contributed by atoms with Crippen molar-refractivity contribution in [3.8, 4) is 11.4 Å². The quantitative estimate of drug-likeness (QED) is 0.867. The molecule has 0 aliphatic rings. The highest BCUT2D eigenvalue weighted by Crippen LogP contribution is 2.21. The number of nitrogens with zero attached hydrogens (tertiary/aromatic N) is 2. The lowest BCUT2D eigenvalue weighted by Gasteiger charge is -2.03. The van der Waals surface area contributed by atoms with Crippen LogP contribution in [-0.2, 0) is 0 Å². The van der Waals surface area contributed by atoms with Crippen LogP contribution in [0.1, 0.15) is 10.4 Å². The van der Waals surface area contributed by atoms with Gasteiger partial charge < -0.3 is 5.11 Å². The van der Waals surface area contributed by atoms with Gasteiger partial charge >= 0.3 is 5.97 Å². The zero-order valence-electron chi connectivity index (χ0n) is 8.39. The molecule has 1 heterocycles. The Labute approximate surface area is 94.6 Å². The predicted octanol–water partition coefficient (Wildman–Crippen LogP) is 2.12. The van der Waals surface area contributed by atoms with Crippen LogP contribution >= 0.6 is 0 Å². The molecule has 0 unspecified atom stereocenters. The minimum absolute atomic E-state index is 0.0885. The molecule has 0 atom stereocenters. The second-order valence-corrected chi connectivity index (χ2v) is 3.19. The van der Waals surface area contributed by atoms with Crippen molar-refractivity contribution in [1.82, 2.24) is 9.97 Å². The lowest BCUT2D eigenvalue weighted by atomic mass is 10.1. The Balaban J connectivity index is 2.57. The summed E-state index contributed by atoms with van der Waals surface area (Å²) in [5, 5.41) is 8.60. The van der Waals surface area contributed by atoms with E-state index in [0.29, 0.717) is 0 Å². The van der Waals surface area contributed by atoms with Crippen LogP contribution in [-0.4, -0.2) is 21.0 Å². The Morgan fingerprint density at radius 1 is 1.12 bits per heavy atom. The van der Waals surface area contributed by atoms with E-state index >= 15 is 0 Å². The summed E-state index contributed by atoms with van der Waals surface area (Å²) in [5.74, 6) is -3.83. The molecule has 0 amide bonds. The Kier molecular flexibility index (Phi) is 2.78. The van der Waals surface area contributed by atoms with E-state index in [1.54, 1.807) is 6.07 Å². The van der Waals surface area contributed by atoms with E-state index in [4.69, 9.17) is 5.11 Å². The molecule has 1 N–H and O–H groups in total. The fraction of sp³-hybridized carbons (Fsp3) is 0. The van der Waals surface area contributed by atoms with Gasteiger partial charge in [-0.05, 0) is 18.2 Å². The first-order valence-corrected chi connectivity index (χ1v) is 4.59. The van der Waals surface area contributed by atoms with Crippen LogP contribution in [0.2, 0.25) is 0 Å². The van der Waals surface area contributed by atoms with Crippen LogP contribution in [0.15, 0.2) is 30.6 Å². The van der Waals surface area contributed by atoms with E-state index in [2.05, 4.69) is 9.97 Å². The van der Waals surface area contributed by atoms with E-state index in [0.717, 1.165) is 12.1 Å². The number of hydrogen-bond acceptors (Lipinski definition) is 3. The van der Waals surface area contributed by atoms with Gasteiger partial charge in [0.1, 0.15) is 17.2 Å². The highest BCUT2D eigenvalue weighted by molar-refractivity contribution is 5.88. The third-order valence-corrected chi connectivity index (χ3v) is 2.08. The highest BCUT2D eigenvalue weighted by atomic mass is 19.1. The molecule has 4 nitrogen and oxygen atoms in total. The highest BCUT2D eigenvalue weighted by Gasteiger charge is 2.18. The number of carbonyl (C=O) groups is 1. The molecule has 86 valence electrons. The predicted molar refractivity (Wildman–Crippen MR) is 54.3 cm³/mol. The van der Waals surface area contributed by atoms with Gasteiger partial charge in [-0.1, -0.05) is 0 Å². The molecule has 0 radical (unpaired) electrons. The molecule has 0 aliphatic heterocycles. The smallest absolute Gasteiger partial charge is 0.341 e. The molecule has 17 heavy (non-hydrogen) atoms. The summed E-state index contributed by atoms with van der Waals surface area (Å²) < 4.78 is 26.7. The fourth-order valence-electron chi connectivity index (χ4n) is 1.35. The summed E-state index contributed by atoms with van der Waals surface area (Å²) in [6.45, 7) is 0. The lowest BCUT2D eigenvalue weighted by Crippen LogP contribution is -2.05. The van der Waals surface area contributed by atoms with Gasteiger partial charge in [-0.2, -0.15) is 0 Å².